The standard InChI is InChI=1S/C14H13N3O2S/c1-19-11-7-4-8-15-13(11)9-5-3-6-10-12(9)17-14(16-10)20(2)18/h3-8H,1-2H3,(H,16,17). The van der Waals surface area contributed by atoms with E-state index in [1.54, 1.807) is 19.6 Å². The summed E-state index contributed by atoms with van der Waals surface area (Å²) in [7, 11) is 1.61. The first-order chi connectivity index (χ1) is 9.70. The van der Waals surface area contributed by atoms with Gasteiger partial charge in [0, 0.05) is 22.9 Å². The van der Waals surface area contributed by atoms with Gasteiger partial charge in [0.1, 0.15) is 23.2 Å². The molecule has 0 aliphatic rings. The molecule has 0 radical (unpaired) electrons. The lowest BCUT2D eigenvalue weighted by Gasteiger charge is -2.07. The number of H-pyrrole nitrogens is 1. The number of imidazole rings is 1. The van der Waals surface area contributed by atoms with Crippen LogP contribution in [0.15, 0.2) is 41.7 Å². The van der Waals surface area contributed by atoms with Crippen molar-refractivity contribution in [3.8, 4) is 17.0 Å². The molecular formula is C14H13N3O2S. The molecule has 2 aromatic heterocycles. The van der Waals surface area contributed by atoms with Crippen molar-refractivity contribution in [3.63, 3.8) is 0 Å². The van der Waals surface area contributed by atoms with Gasteiger partial charge in [-0.05, 0) is 18.2 Å². The molecule has 0 aliphatic carbocycles. The summed E-state index contributed by atoms with van der Waals surface area (Å²) in [6.07, 6.45) is 3.31. The van der Waals surface area contributed by atoms with Crippen LogP contribution in [-0.2, 0) is 11.2 Å². The van der Waals surface area contributed by atoms with Crippen molar-refractivity contribution in [1.29, 1.82) is 0 Å². The van der Waals surface area contributed by atoms with Gasteiger partial charge in [0.05, 0.1) is 12.6 Å². The van der Waals surface area contributed by atoms with E-state index in [0.717, 1.165) is 22.3 Å². The number of rotatable bonds is 3. The normalized spacial score (nSPS) is 12.6. The molecule has 0 amide bonds. The molecule has 6 heteroatoms. The lowest BCUT2D eigenvalue weighted by atomic mass is 10.1. The van der Waals surface area contributed by atoms with Gasteiger partial charge in [0.2, 0.25) is 0 Å². The van der Waals surface area contributed by atoms with Gasteiger partial charge >= 0.3 is 5.16 Å². The predicted octanol–water partition coefficient (Wildman–Crippen LogP) is 2.37. The van der Waals surface area contributed by atoms with Gasteiger partial charge in [-0.15, -0.1) is 0 Å². The van der Waals surface area contributed by atoms with Crippen LogP contribution in [0.5, 0.6) is 5.75 Å². The fourth-order valence-corrected chi connectivity index (χ4v) is 2.57. The number of hydrogen-bond acceptors (Lipinski definition) is 4. The van der Waals surface area contributed by atoms with Gasteiger partial charge in [-0.25, -0.2) is 0 Å². The molecule has 20 heavy (non-hydrogen) atoms. The Kier molecular flexibility index (Phi) is 3.33. The number of aromatic nitrogens is 3. The third-order valence-electron chi connectivity index (χ3n) is 3.01. The highest BCUT2D eigenvalue weighted by Gasteiger charge is 2.16. The SMILES string of the molecule is COc1cccnc1-c1cccc2[nH]c([S+](C)[O-])nc12. The third-order valence-corrected chi connectivity index (χ3v) is 3.75. The molecule has 3 aromatic rings. The van der Waals surface area contributed by atoms with Crippen molar-refractivity contribution in [2.45, 2.75) is 5.16 Å². The fraction of sp³-hybridized carbons (Fsp3) is 0.143. The van der Waals surface area contributed by atoms with Crippen LogP contribution in [0, 0.1) is 0 Å². The molecule has 1 N–H and O–H groups in total. The topological polar surface area (TPSA) is 73.9 Å². The minimum atomic E-state index is -1.15. The smallest absolute Gasteiger partial charge is 0.321 e. The summed E-state index contributed by atoms with van der Waals surface area (Å²) in [5.74, 6) is 0.683. The van der Waals surface area contributed by atoms with E-state index >= 15 is 0 Å². The van der Waals surface area contributed by atoms with Crippen LogP contribution < -0.4 is 4.74 Å². The molecule has 1 aromatic carbocycles. The van der Waals surface area contributed by atoms with Crippen molar-refractivity contribution >= 4 is 22.2 Å². The van der Waals surface area contributed by atoms with E-state index < -0.39 is 11.2 Å². The van der Waals surface area contributed by atoms with E-state index in [-0.39, 0.29) is 0 Å². The first-order valence-corrected chi connectivity index (χ1v) is 7.58. The summed E-state index contributed by atoms with van der Waals surface area (Å²) in [5, 5.41) is 0.461. The minimum absolute atomic E-state index is 0.461. The number of para-hydroxylation sites is 1. The molecule has 2 heterocycles. The zero-order valence-electron chi connectivity index (χ0n) is 11.1. The summed E-state index contributed by atoms with van der Waals surface area (Å²) in [6, 6.07) is 9.41. The number of nitrogens with one attached hydrogen (secondary N) is 1. The van der Waals surface area contributed by atoms with E-state index in [0.29, 0.717) is 10.9 Å². The zero-order valence-corrected chi connectivity index (χ0v) is 11.9. The Hall–Kier alpha value is -2.05. The van der Waals surface area contributed by atoms with E-state index in [4.69, 9.17) is 4.74 Å². The van der Waals surface area contributed by atoms with E-state index in [1.807, 2.05) is 30.3 Å². The Morgan fingerprint density at radius 3 is 2.85 bits per heavy atom. The van der Waals surface area contributed by atoms with Gasteiger partial charge < -0.3 is 9.29 Å². The van der Waals surface area contributed by atoms with Gasteiger partial charge in [0.25, 0.3) is 0 Å². The number of benzene rings is 1. The quantitative estimate of drug-likeness (QED) is 0.750. The second-order valence-electron chi connectivity index (χ2n) is 4.25. The number of pyridine rings is 1. The molecule has 3 rings (SSSR count). The third kappa shape index (κ3) is 2.13. The first-order valence-electron chi connectivity index (χ1n) is 6.02. The zero-order chi connectivity index (χ0) is 14.1. The largest absolute Gasteiger partial charge is 0.609 e. The van der Waals surface area contributed by atoms with Crippen molar-refractivity contribution in [2.75, 3.05) is 13.4 Å². The maximum atomic E-state index is 11.6. The van der Waals surface area contributed by atoms with E-state index in [9.17, 15) is 4.55 Å². The van der Waals surface area contributed by atoms with E-state index in [2.05, 4.69) is 15.0 Å². The Morgan fingerprint density at radius 2 is 2.10 bits per heavy atom. The molecule has 0 spiro atoms. The summed E-state index contributed by atoms with van der Waals surface area (Å²) < 4.78 is 16.9. The highest BCUT2D eigenvalue weighted by molar-refractivity contribution is 7.90. The molecule has 102 valence electrons. The maximum absolute atomic E-state index is 11.6. The molecule has 0 saturated heterocycles. The van der Waals surface area contributed by atoms with Crippen LogP contribution in [-0.4, -0.2) is 32.9 Å². The van der Waals surface area contributed by atoms with Crippen LogP contribution in [0.25, 0.3) is 22.3 Å². The maximum Gasteiger partial charge on any atom is 0.321 e. The number of nitrogens with zero attached hydrogens (tertiary/aromatic N) is 2. The molecule has 0 fully saturated rings. The molecule has 5 nitrogen and oxygen atoms in total. The number of fused-ring (bicyclic) bond motifs is 1. The lowest BCUT2D eigenvalue weighted by Crippen LogP contribution is -1.98. The number of aromatic amines is 1. The second-order valence-corrected chi connectivity index (χ2v) is 5.55. The van der Waals surface area contributed by atoms with Crippen molar-refractivity contribution in [1.82, 2.24) is 15.0 Å². The summed E-state index contributed by atoms with van der Waals surface area (Å²) in [6.45, 7) is 0. The van der Waals surface area contributed by atoms with Gasteiger partial charge in [-0.2, -0.15) is 4.98 Å². The molecular weight excluding hydrogens is 274 g/mol. The summed E-state index contributed by atoms with van der Waals surface area (Å²) >= 11 is -1.15. The predicted molar refractivity (Wildman–Crippen MR) is 78.2 cm³/mol. The van der Waals surface area contributed by atoms with Crippen LogP contribution >= 0.6 is 0 Å². The molecule has 1 atom stereocenters. The van der Waals surface area contributed by atoms with Crippen molar-refractivity contribution < 1.29 is 9.29 Å². The minimum Gasteiger partial charge on any atom is -0.609 e. The lowest BCUT2D eigenvalue weighted by molar-refractivity contribution is 0.415. The average molecular weight is 287 g/mol. The van der Waals surface area contributed by atoms with Gasteiger partial charge in [-0.3, -0.25) is 9.97 Å². The van der Waals surface area contributed by atoms with Gasteiger partial charge in [0.15, 0.2) is 0 Å². The van der Waals surface area contributed by atoms with Crippen LogP contribution in [0.2, 0.25) is 0 Å². The first kappa shape index (κ1) is 13.0. The summed E-state index contributed by atoms with van der Waals surface area (Å²) in [4.78, 5) is 11.8. The molecule has 0 aliphatic heterocycles. The molecule has 0 bridgehead atoms. The highest BCUT2D eigenvalue weighted by atomic mass is 32.2. The monoisotopic (exact) mass is 287 g/mol. The van der Waals surface area contributed by atoms with Crippen molar-refractivity contribution in [2.24, 2.45) is 0 Å². The number of methoxy groups -OCH3 is 1. The molecule has 1 unspecified atom stereocenters. The number of ether oxygens (including phenoxy) is 1. The van der Waals surface area contributed by atoms with Crippen molar-refractivity contribution in [3.05, 3.63) is 36.5 Å². The van der Waals surface area contributed by atoms with Crippen LogP contribution in [0.4, 0.5) is 0 Å². The number of hydrogen-bond donors (Lipinski definition) is 1. The molecule has 0 saturated carbocycles. The average Bonchev–Trinajstić information content (AvgIpc) is 2.91. The van der Waals surface area contributed by atoms with Gasteiger partial charge in [-0.1, -0.05) is 12.1 Å². The Morgan fingerprint density at radius 1 is 1.25 bits per heavy atom. The van der Waals surface area contributed by atoms with Crippen LogP contribution in [0.3, 0.4) is 0 Å². The second kappa shape index (κ2) is 5.15. The Bertz CT molecular complexity index is 755. The van der Waals surface area contributed by atoms with E-state index in [1.165, 1.54) is 0 Å². The Balaban J connectivity index is 2.25. The fourth-order valence-electron chi connectivity index (χ4n) is 2.09. The Labute approximate surface area is 119 Å². The highest BCUT2D eigenvalue weighted by Crippen LogP contribution is 2.32. The summed E-state index contributed by atoms with van der Waals surface area (Å²) in [5.41, 5.74) is 3.16. The van der Waals surface area contributed by atoms with Crippen LogP contribution in [0.1, 0.15) is 0 Å².